The minimum atomic E-state index is -0.581. The van der Waals surface area contributed by atoms with E-state index in [0.717, 1.165) is 0 Å². The average molecular weight is 315 g/mol. The maximum absolute atomic E-state index is 13.5. The van der Waals surface area contributed by atoms with Gasteiger partial charge < -0.3 is 9.47 Å². The Morgan fingerprint density at radius 3 is 3.06 bits per heavy atom. The summed E-state index contributed by atoms with van der Waals surface area (Å²) in [6.45, 7) is 2.82. The summed E-state index contributed by atoms with van der Waals surface area (Å²) >= 11 is 3.09. The smallest absolute Gasteiger partial charge is 0.176 e. The number of ketones is 1. The largest absolute Gasteiger partial charge is 0.486 e. The van der Waals surface area contributed by atoms with E-state index >= 15 is 0 Å². The molecular formula is C13H12BrFO3. The van der Waals surface area contributed by atoms with E-state index < -0.39 is 11.4 Å². The van der Waals surface area contributed by atoms with Gasteiger partial charge in [0.2, 0.25) is 0 Å². The minimum absolute atomic E-state index is 0.0286. The number of Topliss-reactive ketones (excluding diaryl/α,β-unsaturated/α-hetero) is 1. The molecule has 2 atom stereocenters. The van der Waals surface area contributed by atoms with Crippen LogP contribution in [0.25, 0.3) is 0 Å². The van der Waals surface area contributed by atoms with Crippen LogP contribution in [-0.4, -0.2) is 24.6 Å². The molecule has 0 saturated carbocycles. The van der Waals surface area contributed by atoms with Crippen molar-refractivity contribution in [2.45, 2.75) is 18.9 Å². The summed E-state index contributed by atoms with van der Waals surface area (Å²) in [5.41, 5.74) is -0.154. The van der Waals surface area contributed by atoms with E-state index in [0.29, 0.717) is 30.9 Å². The molecule has 1 fully saturated rings. The molecule has 0 aliphatic carbocycles. The molecule has 1 aromatic rings. The van der Waals surface area contributed by atoms with Gasteiger partial charge >= 0.3 is 0 Å². The van der Waals surface area contributed by atoms with E-state index in [1.807, 2.05) is 6.92 Å². The van der Waals surface area contributed by atoms with Crippen molar-refractivity contribution in [1.29, 1.82) is 0 Å². The van der Waals surface area contributed by atoms with Gasteiger partial charge in [-0.1, -0.05) is 0 Å². The molecule has 18 heavy (non-hydrogen) atoms. The fourth-order valence-corrected chi connectivity index (χ4v) is 2.89. The third kappa shape index (κ3) is 1.68. The molecule has 0 aromatic heterocycles. The van der Waals surface area contributed by atoms with E-state index in [-0.39, 0.29) is 16.2 Å². The highest BCUT2D eigenvalue weighted by molar-refractivity contribution is 9.10. The predicted octanol–water partition coefficient (Wildman–Crippen LogP) is 2.96. The lowest BCUT2D eigenvalue weighted by Gasteiger charge is -2.44. The Balaban J connectivity index is 2.12. The maximum Gasteiger partial charge on any atom is 0.176 e. The Kier molecular flexibility index (Phi) is 2.71. The number of hydrogen-bond acceptors (Lipinski definition) is 3. The number of fused-ring (bicyclic) bond motifs is 2. The normalized spacial score (nSPS) is 30.4. The molecule has 0 bridgehead atoms. The van der Waals surface area contributed by atoms with Gasteiger partial charge in [-0.2, -0.15) is 0 Å². The highest BCUT2D eigenvalue weighted by atomic mass is 79.9. The fraction of sp³-hybridized carbons (Fsp3) is 0.462. The van der Waals surface area contributed by atoms with Crippen molar-refractivity contribution in [3.63, 3.8) is 0 Å². The molecule has 2 aliphatic rings. The predicted molar refractivity (Wildman–Crippen MR) is 66.4 cm³/mol. The van der Waals surface area contributed by atoms with Crippen molar-refractivity contribution < 1.29 is 18.7 Å². The second kappa shape index (κ2) is 4.03. The van der Waals surface area contributed by atoms with Crippen molar-refractivity contribution >= 4 is 21.7 Å². The molecule has 96 valence electrons. The second-order valence-corrected chi connectivity index (χ2v) is 5.77. The number of hydrogen-bond donors (Lipinski definition) is 0. The zero-order valence-corrected chi connectivity index (χ0v) is 11.4. The first kappa shape index (κ1) is 12.1. The van der Waals surface area contributed by atoms with Gasteiger partial charge in [-0.25, -0.2) is 4.39 Å². The summed E-state index contributed by atoms with van der Waals surface area (Å²) in [6.07, 6.45) is 0.639. The lowest BCUT2D eigenvalue weighted by atomic mass is 9.77. The lowest BCUT2D eigenvalue weighted by molar-refractivity contribution is -0.0770. The Morgan fingerprint density at radius 1 is 1.50 bits per heavy atom. The van der Waals surface area contributed by atoms with Gasteiger partial charge in [-0.15, -0.1) is 0 Å². The third-order valence-electron chi connectivity index (χ3n) is 3.71. The van der Waals surface area contributed by atoms with Crippen molar-refractivity contribution in [3.8, 4) is 5.75 Å². The Bertz CT molecular complexity index is 531. The summed E-state index contributed by atoms with van der Waals surface area (Å²) in [5.74, 6) is -0.424. The van der Waals surface area contributed by atoms with Crippen molar-refractivity contribution in [3.05, 3.63) is 28.0 Å². The summed E-state index contributed by atoms with van der Waals surface area (Å²) in [7, 11) is 0. The standard InChI is InChI=1S/C13H12BrFO3/c1-13-2-3-17-6-8(13)12(16)7-4-9(14)10(15)5-11(7)18-13/h4-5,8H,2-3,6H2,1H3. The lowest BCUT2D eigenvalue weighted by Crippen LogP contribution is -2.53. The van der Waals surface area contributed by atoms with Crippen LogP contribution in [0.1, 0.15) is 23.7 Å². The first-order chi connectivity index (χ1) is 8.51. The van der Waals surface area contributed by atoms with Crippen LogP contribution in [0.2, 0.25) is 0 Å². The van der Waals surface area contributed by atoms with Gasteiger partial charge in [-0.3, -0.25) is 4.79 Å². The first-order valence-electron chi connectivity index (χ1n) is 5.81. The van der Waals surface area contributed by atoms with Crippen LogP contribution < -0.4 is 4.74 Å². The van der Waals surface area contributed by atoms with Crippen LogP contribution in [0.3, 0.4) is 0 Å². The number of carbonyl (C=O) groups is 1. The number of benzene rings is 1. The third-order valence-corrected chi connectivity index (χ3v) is 4.32. The van der Waals surface area contributed by atoms with Crippen molar-refractivity contribution in [2.75, 3.05) is 13.2 Å². The summed E-state index contributed by atoms with van der Waals surface area (Å²) < 4.78 is 25.0. The van der Waals surface area contributed by atoms with Crippen LogP contribution in [0.4, 0.5) is 4.39 Å². The highest BCUT2D eigenvalue weighted by Gasteiger charge is 2.48. The molecule has 0 N–H and O–H groups in total. The van der Waals surface area contributed by atoms with Gasteiger partial charge in [-0.05, 0) is 28.9 Å². The quantitative estimate of drug-likeness (QED) is 0.738. The van der Waals surface area contributed by atoms with Crippen LogP contribution in [0.15, 0.2) is 16.6 Å². The molecular weight excluding hydrogens is 303 g/mol. The van der Waals surface area contributed by atoms with Crippen LogP contribution >= 0.6 is 15.9 Å². The first-order valence-corrected chi connectivity index (χ1v) is 6.60. The van der Waals surface area contributed by atoms with E-state index in [9.17, 15) is 9.18 Å². The minimum Gasteiger partial charge on any atom is -0.486 e. The summed E-state index contributed by atoms with van der Waals surface area (Å²) in [4.78, 5) is 12.4. The van der Waals surface area contributed by atoms with Crippen LogP contribution in [0, 0.1) is 11.7 Å². The van der Waals surface area contributed by atoms with Crippen LogP contribution in [0.5, 0.6) is 5.75 Å². The second-order valence-electron chi connectivity index (χ2n) is 4.92. The molecule has 0 amide bonds. The van der Waals surface area contributed by atoms with E-state index in [4.69, 9.17) is 9.47 Å². The molecule has 2 unspecified atom stereocenters. The van der Waals surface area contributed by atoms with E-state index in [1.54, 1.807) is 0 Å². The molecule has 2 aliphatic heterocycles. The van der Waals surface area contributed by atoms with Gasteiger partial charge in [0.25, 0.3) is 0 Å². The van der Waals surface area contributed by atoms with E-state index in [2.05, 4.69) is 15.9 Å². The number of ether oxygens (including phenoxy) is 2. The molecule has 3 rings (SSSR count). The zero-order chi connectivity index (χ0) is 12.9. The monoisotopic (exact) mass is 314 g/mol. The summed E-state index contributed by atoms with van der Waals surface area (Å²) in [6, 6.07) is 2.76. The molecule has 2 heterocycles. The molecule has 1 aromatic carbocycles. The molecule has 1 saturated heterocycles. The van der Waals surface area contributed by atoms with Gasteiger partial charge in [0, 0.05) is 12.5 Å². The SMILES string of the molecule is CC12CCOCC1C(=O)c1cc(Br)c(F)cc1O2. The Morgan fingerprint density at radius 2 is 2.28 bits per heavy atom. The molecule has 5 heteroatoms. The van der Waals surface area contributed by atoms with E-state index in [1.165, 1.54) is 12.1 Å². The molecule has 3 nitrogen and oxygen atoms in total. The Hall–Kier alpha value is -0.940. The van der Waals surface area contributed by atoms with Crippen molar-refractivity contribution in [1.82, 2.24) is 0 Å². The highest BCUT2D eigenvalue weighted by Crippen LogP contribution is 2.42. The fourth-order valence-electron chi connectivity index (χ4n) is 2.55. The number of carbonyl (C=O) groups excluding carboxylic acids is 1. The number of rotatable bonds is 0. The molecule has 0 radical (unpaired) electrons. The Labute approximate surface area is 112 Å². The maximum atomic E-state index is 13.5. The number of halogens is 2. The van der Waals surface area contributed by atoms with Gasteiger partial charge in [0.05, 0.1) is 29.2 Å². The van der Waals surface area contributed by atoms with Gasteiger partial charge in [0.1, 0.15) is 17.2 Å². The summed E-state index contributed by atoms with van der Waals surface area (Å²) in [5, 5.41) is 0. The molecule has 0 spiro atoms. The van der Waals surface area contributed by atoms with Crippen LogP contribution in [-0.2, 0) is 4.74 Å². The zero-order valence-electron chi connectivity index (χ0n) is 9.83. The average Bonchev–Trinajstić information content (AvgIpc) is 2.32. The topological polar surface area (TPSA) is 35.5 Å². The van der Waals surface area contributed by atoms with Crippen molar-refractivity contribution in [2.24, 2.45) is 5.92 Å². The van der Waals surface area contributed by atoms with Gasteiger partial charge in [0.15, 0.2) is 5.78 Å².